The van der Waals surface area contributed by atoms with Gasteiger partial charge in [-0.25, -0.2) is 0 Å². The van der Waals surface area contributed by atoms with Crippen molar-refractivity contribution in [1.82, 2.24) is 0 Å². The lowest BCUT2D eigenvalue weighted by Gasteiger charge is -2.48. The van der Waals surface area contributed by atoms with Crippen LogP contribution in [-0.4, -0.2) is 12.2 Å². The first-order valence-corrected chi connectivity index (χ1v) is 9.11. The highest BCUT2D eigenvalue weighted by Crippen LogP contribution is 2.47. The molecule has 1 aliphatic rings. The zero-order valence-corrected chi connectivity index (χ0v) is 14.9. The average Bonchev–Trinajstić information content (AvgIpc) is 2.38. The monoisotopic (exact) mass is 282 g/mol. The summed E-state index contributed by atoms with van der Waals surface area (Å²) in [7, 11) is 0. The van der Waals surface area contributed by atoms with Gasteiger partial charge in [-0.2, -0.15) is 0 Å². The van der Waals surface area contributed by atoms with Gasteiger partial charge >= 0.3 is 0 Å². The largest absolute Gasteiger partial charge is 0.375 e. The molecule has 0 radical (unpaired) electrons. The molecule has 0 aromatic carbocycles. The fraction of sp³-hybridized carbons (Fsp3) is 1.00. The first-order chi connectivity index (χ1) is 9.46. The van der Waals surface area contributed by atoms with E-state index in [0.717, 1.165) is 11.8 Å². The molecule has 1 heteroatoms. The van der Waals surface area contributed by atoms with Crippen LogP contribution in [-0.2, 0) is 4.74 Å². The summed E-state index contributed by atoms with van der Waals surface area (Å²) >= 11 is 0. The lowest BCUT2D eigenvalue weighted by atomic mass is 9.62. The van der Waals surface area contributed by atoms with E-state index in [2.05, 4.69) is 41.5 Å². The number of hydrogen-bond acceptors (Lipinski definition) is 1. The Kier molecular flexibility index (Phi) is 7.58. The summed E-state index contributed by atoms with van der Waals surface area (Å²) in [6.45, 7) is 14.3. The highest BCUT2D eigenvalue weighted by molar-refractivity contribution is 4.92. The molecule has 1 unspecified atom stereocenters. The van der Waals surface area contributed by atoms with E-state index in [9.17, 15) is 0 Å². The Labute approximate surface area is 127 Å². The SMILES string of the molecule is CCCC(CCC)O[C@H]1CCCC(C)(C)[C@@H]1C(C)CC. The molecule has 0 spiro atoms. The maximum atomic E-state index is 6.64. The van der Waals surface area contributed by atoms with Crippen molar-refractivity contribution in [1.29, 1.82) is 0 Å². The first-order valence-electron chi connectivity index (χ1n) is 9.11. The highest BCUT2D eigenvalue weighted by Gasteiger charge is 2.42. The van der Waals surface area contributed by atoms with Crippen LogP contribution in [0, 0.1) is 17.3 Å². The van der Waals surface area contributed by atoms with Crippen LogP contribution in [0.1, 0.15) is 92.9 Å². The van der Waals surface area contributed by atoms with Gasteiger partial charge < -0.3 is 4.74 Å². The normalized spacial score (nSPS) is 27.8. The van der Waals surface area contributed by atoms with Gasteiger partial charge in [0.25, 0.3) is 0 Å². The molecular weight excluding hydrogens is 244 g/mol. The van der Waals surface area contributed by atoms with Crippen LogP contribution < -0.4 is 0 Å². The fourth-order valence-corrected chi connectivity index (χ4v) is 4.32. The van der Waals surface area contributed by atoms with Gasteiger partial charge in [0.05, 0.1) is 12.2 Å². The zero-order valence-electron chi connectivity index (χ0n) is 14.9. The molecule has 3 atom stereocenters. The Morgan fingerprint density at radius 2 is 1.70 bits per heavy atom. The molecule has 0 heterocycles. The minimum atomic E-state index is 0.446. The molecule has 1 saturated carbocycles. The zero-order chi connectivity index (χ0) is 15.2. The number of rotatable bonds is 8. The summed E-state index contributed by atoms with van der Waals surface area (Å²) in [5.74, 6) is 1.51. The Morgan fingerprint density at radius 3 is 2.20 bits per heavy atom. The summed E-state index contributed by atoms with van der Waals surface area (Å²) in [6, 6.07) is 0. The molecule has 0 aromatic heterocycles. The summed E-state index contributed by atoms with van der Waals surface area (Å²) < 4.78 is 6.64. The van der Waals surface area contributed by atoms with Crippen molar-refractivity contribution in [3.05, 3.63) is 0 Å². The van der Waals surface area contributed by atoms with Crippen molar-refractivity contribution >= 4 is 0 Å². The van der Waals surface area contributed by atoms with Crippen molar-refractivity contribution in [3.63, 3.8) is 0 Å². The minimum absolute atomic E-state index is 0.446. The molecular formula is C19H38O. The molecule has 0 N–H and O–H groups in total. The van der Waals surface area contributed by atoms with Gasteiger partial charge in [-0.1, -0.05) is 67.2 Å². The predicted octanol–water partition coefficient (Wildman–Crippen LogP) is 6.21. The Morgan fingerprint density at radius 1 is 1.10 bits per heavy atom. The lowest BCUT2D eigenvalue weighted by molar-refractivity contribution is -0.116. The highest BCUT2D eigenvalue weighted by atomic mass is 16.5. The van der Waals surface area contributed by atoms with Crippen molar-refractivity contribution in [2.45, 2.75) is 105 Å². The maximum Gasteiger partial charge on any atom is 0.0614 e. The van der Waals surface area contributed by atoms with Crippen LogP contribution in [0.2, 0.25) is 0 Å². The molecule has 0 amide bonds. The van der Waals surface area contributed by atoms with Crippen molar-refractivity contribution < 1.29 is 4.74 Å². The van der Waals surface area contributed by atoms with Crippen LogP contribution in [0.15, 0.2) is 0 Å². The smallest absolute Gasteiger partial charge is 0.0614 e. The van der Waals surface area contributed by atoms with Crippen molar-refractivity contribution in [2.24, 2.45) is 17.3 Å². The Balaban J connectivity index is 2.77. The van der Waals surface area contributed by atoms with Crippen molar-refractivity contribution in [2.75, 3.05) is 0 Å². The summed E-state index contributed by atoms with van der Waals surface area (Å²) in [5, 5.41) is 0. The third-order valence-corrected chi connectivity index (χ3v) is 5.46. The molecule has 0 saturated heterocycles. The van der Waals surface area contributed by atoms with E-state index >= 15 is 0 Å². The lowest BCUT2D eigenvalue weighted by Crippen LogP contribution is -2.44. The predicted molar refractivity (Wildman–Crippen MR) is 89.1 cm³/mol. The molecule has 1 fully saturated rings. The van der Waals surface area contributed by atoms with E-state index in [1.165, 1.54) is 51.4 Å². The first kappa shape index (κ1) is 18.0. The average molecular weight is 283 g/mol. The Hall–Kier alpha value is -0.0400. The van der Waals surface area contributed by atoms with Gasteiger partial charge in [0, 0.05) is 0 Å². The van der Waals surface area contributed by atoms with E-state index in [0.29, 0.717) is 17.6 Å². The van der Waals surface area contributed by atoms with Crippen LogP contribution in [0.4, 0.5) is 0 Å². The second-order valence-corrected chi connectivity index (χ2v) is 7.67. The van der Waals surface area contributed by atoms with Crippen LogP contribution in [0.5, 0.6) is 0 Å². The van der Waals surface area contributed by atoms with Gasteiger partial charge in [-0.05, 0) is 42.9 Å². The maximum absolute atomic E-state index is 6.64. The Bertz CT molecular complexity index is 252. The van der Waals surface area contributed by atoms with Gasteiger partial charge in [-0.3, -0.25) is 0 Å². The second kappa shape index (κ2) is 8.41. The summed E-state index contributed by atoms with van der Waals surface area (Å²) in [4.78, 5) is 0. The van der Waals surface area contributed by atoms with E-state index in [1.54, 1.807) is 0 Å². The number of ether oxygens (including phenoxy) is 1. The third kappa shape index (κ3) is 4.76. The second-order valence-electron chi connectivity index (χ2n) is 7.67. The molecule has 0 aliphatic heterocycles. The summed E-state index contributed by atoms with van der Waals surface area (Å²) in [5.41, 5.74) is 0.446. The van der Waals surface area contributed by atoms with Gasteiger partial charge in [0.15, 0.2) is 0 Å². The molecule has 1 rings (SSSR count). The van der Waals surface area contributed by atoms with Crippen LogP contribution in [0.25, 0.3) is 0 Å². The third-order valence-electron chi connectivity index (χ3n) is 5.46. The number of hydrogen-bond donors (Lipinski definition) is 0. The molecule has 0 bridgehead atoms. The molecule has 20 heavy (non-hydrogen) atoms. The van der Waals surface area contributed by atoms with Crippen molar-refractivity contribution in [3.8, 4) is 0 Å². The van der Waals surface area contributed by atoms with E-state index in [1.807, 2.05) is 0 Å². The van der Waals surface area contributed by atoms with Gasteiger partial charge in [0.1, 0.15) is 0 Å². The van der Waals surface area contributed by atoms with E-state index in [-0.39, 0.29) is 0 Å². The summed E-state index contributed by atoms with van der Waals surface area (Å²) in [6.07, 6.45) is 11.2. The molecule has 120 valence electrons. The molecule has 1 aliphatic carbocycles. The topological polar surface area (TPSA) is 9.23 Å². The standard InChI is InChI=1S/C19H38O/c1-7-11-16(12-8-2)20-17-13-10-14-19(5,6)18(17)15(4)9-3/h15-18H,7-14H2,1-6H3/t15?,17-,18+/m0/s1. The molecule has 0 aromatic rings. The molecule has 1 nitrogen and oxygen atoms in total. The van der Waals surface area contributed by atoms with Crippen LogP contribution in [0.3, 0.4) is 0 Å². The van der Waals surface area contributed by atoms with Gasteiger partial charge in [-0.15, -0.1) is 0 Å². The minimum Gasteiger partial charge on any atom is -0.375 e. The van der Waals surface area contributed by atoms with Crippen LogP contribution >= 0.6 is 0 Å². The fourth-order valence-electron chi connectivity index (χ4n) is 4.32. The van der Waals surface area contributed by atoms with E-state index < -0.39 is 0 Å². The van der Waals surface area contributed by atoms with E-state index in [4.69, 9.17) is 4.74 Å². The van der Waals surface area contributed by atoms with Gasteiger partial charge in [0.2, 0.25) is 0 Å². The quantitative estimate of drug-likeness (QED) is 0.514.